The van der Waals surface area contributed by atoms with Crippen molar-refractivity contribution in [2.24, 2.45) is 0 Å². The van der Waals surface area contributed by atoms with E-state index in [0.717, 1.165) is 11.1 Å². The monoisotopic (exact) mass is 424 g/mol. The number of sulfonamides is 1. The highest BCUT2D eigenvalue weighted by Gasteiger charge is 2.30. The smallest absolute Gasteiger partial charge is 0.264 e. The summed E-state index contributed by atoms with van der Waals surface area (Å²) in [6.45, 7) is 0.747. The van der Waals surface area contributed by atoms with Gasteiger partial charge >= 0.3 is 0 Å². The Balaban J connectivity index is 1.47. The van der Waals surface area contributed by atoms with Crippen LogP contribution in [0.15, 0.2) is 77.7 Å². The Morgan fingerprint density at radius 3 is 2.57 bits per heavy atom. The van der Waals surface area contributed by atoms with Gasteiger partial charge in [0.25, 0.3) is 15.9 Å². The second-order valence-electron chi connectivity index (χ2n) is 7.12. The first-order chi connectivity index (χ1) is 14.4. The molecule has 0 radical (unpaired) electrons. The average Bonchev–Trinajstić information content (AvgIpc) is 3.20. The van der Waals surface area contributed by atoms with Crippen molar-refractivity contribution in [1.29, 1.82) is 0 Å². The van der Waals surface area contributed by atoms with Crippen molar-refractivity contribution in [1.82, 2.24) is 5.32 Å². The summed E-state index contributed by atoms with van der Waals surface area (Å²) in [5.41, 5.74) is 2.87. The maximum Gasteiger partial charge on any atom is 0.264 e. The number of nitrogens with zero attached hydrogens (tertiary/aromatic N) is 1. The van der Waals surface area contributed by atoms with Crippen LogP contribution in [0.25, 0.3) is 0 Å². The van der Waals surface area contributed by atoms with E-state index in [-0.39, 0.29) is 22.2 Å². The number of para-hydroxylation sites is 1. The summed E-state index contributed by atoms with van der Waals surface area (Å²) in [7, 11) is -3.76. The van der Waals surface area contributed by atoms with E-state index in [1.54, 1.807) is 30.3 Å². The lowest BCUT2D eigenvalue weighted by Crippen LogP contribution is -2.30. The molecule has 0 saturated heterocycles. The molecule has 0 aromatic heterocycles. The number of carbonyl (C=O) groups is 1. The van der Waals surface area contributed by atoms with Crippen molar-refractivity contribution in [3.05, 3.63) is 95.3 Å². The van der Waals surface area contributed by atoms with Gasteiger partial charge in [-0.15, -0.1) is 0 Å². The minimum atomic E-state index is -3.76. The van der Waals surface area contributed by atoms with Gasteiger partial charge in [0.15, 0.2) is 0 Å². The molecule has 0 atom stereocenters. The zero-order chi connectivity index (χ0) is 21.1. The van der Waals surface area contributed by atoms with Gasteiger partial charge in [0.05, 0.1) is 10.6 Å². The van der Waals surface area contributed by atoms with Gasteiger partial charge in [0.1, 0.15) is 5.82 Å². The second-order valence-corrected chi connectivity index (χ2v) is 8.98. The molecule has 0 spiro atoms. The third kappa shape index (κ3) is 4.07. The fraction of sp³-hybridized carbons (Fsp3) is 0.174. The van der Waals surface area contributed by atoms with Gasteiger partial charge in [-0.1, -0.05) is 36.4 Å². The molecule has 7 heteroatoms. The maximum atomic E-state index is 13.2. The van der Waals surface area contributed by atoms with Crippen LogP contribution in [0, 0.1) is 5.82 Å². The Hall–Kier alpha value is -3.19. The van der Waals surface area contributed by atoms with Crippen LogP contribution in [-0.4, -0.2) is 27.4 Å². The van der Waals surface area contributed by atoms with Crippen molar-refractivity contribution < 1.29 is 17.6 Å². The van der Waals surface area contributed by atoms with Gasteiger partial charge in [-0.3, -0.25) is 9.10 Å². The minimum Gasteiger partial charge on any atom is -0.352 e. The molecule has 0 saturated carbocycles. The first kappa shape index (κ1) is 20.1. The van der Waals surface area contributed by atoms with Gasteiger partial charge in [-0.25, -0.2) is 12.8 Å². The van der Waals surface area contributed by atoms with E-state index in [4.69, 9.17) is 0 Å². The van der Waals surface area contributed by atoms with Gasteiger partial charge in [0, 0.05) is 18.7 Å². The lowest BCUT2D eigenvalue weighted by atomic mass is 10.1. The number of rotatable bonds is 6. The fourth-order valence-corrected chi connectivity index (χ4v) is 5.11. The summed E-state index contributed by atoms with van der Waals surface area (Å²) in [5, 5.41) is 2.78. The Labute approximate surface area is 175 Å². The first-order valence-electron chi connectivity index (χ1n) is 9.68. The third-order valence-electron chi connectivity index (χ3n) is 5.14. The molecule has 5 nitrogen and oxygen atoms in total. The van der Waals surface area contributed by atoms with Crippen LogP contribution in [0.4, 0.5) is 10.1 Å². The highest BCUT2D eigenvalue weighted by atomic mass is 32.2. The van der Waals surface area contributed by atoms with Gasteiger partial charge in [-0.05, 0) is 60.4 Å². The zero-order valence-electron chi connectivity index (χ0n) is 16.2. The highest BCUT2D eigenvalue weighted by molar-refractivity contribution is 7.92. The van der Waals surface area contributed by atoms with Crippen molar-refractivity contribution in [2.75, 3.05) is 17.4 Å². The number of anilines is 1. The van der Waals surface area contributed by atoms with Crippen molar-refractivity contribution in [3.8, 4) is 0 Å². The van der Waals surface area contributed by atoms with E-state index in [2.05, 4.69) is 5.32 Å². The molecule has 3 aromatic carbocycles. The largest absolute Gasteiger partial charge is 0.352 e. The number of nitrogens with one attached hydrogen (secondary N) is 1. The standard InChI is InChI=1S/C23H21FN2O3S/c24-20-10-8-17(9-11-20)12-14-25-23(27)19-5-3-6-21(16-19)30(28,29)26-15-13-18-4-1-2-7-22(18)26/h1-11,16H,12-15H2,(H,25,27). The molecular weight excluding hydrogens is 403 g/mol. The number of carbonyl (C=O) groups excluding carboxylic acids is 1. The molecule has 1 aliphatic heterocycles. The van der Waals surface area contributed by atoms with Gasteiger partial charge < -0.3 is 5.32 Å². The Morgan fingerprint density at radius 2 is 1.77 bits per heavy atom. The Morgan fingerprint density at radius 1 is 1.00 bits per heavy atom. The summed E-state index contributed by atoms with van der Waals surface area (Å²) >= 11 is 0. The summed E-state index contributed by atoms with van der Waals surface area (Å²) < 4.78 is 40.7. The Kier molecular flexibility index (Phi) is 5.55. The predicted molar refractivity (Wildman–Crippen MR) is 114 cm³/mol. The molecule has 1 N–H and O–H groups in total. The fourth-order valence-electron chi connectivity index (χ4n) is 3.56. The molecule has 1 amide bonds. The lowest BCUT2D eigenvalue weighted by molar-refractivity contribution is 0.0954. The van der Waals surface area contributed by atoms with Crippen LogP contribution in [-0.2, 0) is 22.9 Å². The van der Waals surface area contributed by atoms with Gasteiger partial charge in [-0.2, -0.15) is 0 Å². The second kappa shape index (κ2) is 8.28. The zero-order valence-corrected chi connectivity index (χ0v) is 17.0. The van der Waals surface area contributed by atoms with Crippen LogP contribution < -0.4 is 9.62 Å². The van der Waals surface area contributed by atoms with Crippen LogP contribution in [0.3, 0.4) is 0 Å². The topological polar surface area (TPSA) is 66.5 Å². The van der Waals surface area contributed by atoms with E-state index in [1.165, 1.54) is 28.6 Å². The summed E-state index contributed by atoms with van der Waals surface area (Å²) in [5.74, 6) is -0.655. The number of hydrogen-bond donors (Lipinski definition) is 1. The molecular formula is C23H21FN2O3S. The van der Waals surface area contributed by atoms with Crippen molar-refractivity contribution >= 4 is 21.6 Å². The molecule has 0 aliphatic carbocycles. The van der Waals surface area contributed by atoms with Crippen LogP contribution in [0.5, 0.6) is 0 Å². The third-order valence-corrected chi connectivity index (χ3v) is 6.95. The molecule has 0 unspecified atom stereocenters. The quantitative estimate of drug-likeness (QED) is 0.658. The number of benzene rings is 3. The van der Waals surface area contributed by atoms with Crippen LogP contribution in [0.2, 0.25) is 0 Å². The molecule has 154 valence electrons. The average molecular weight is 424 g/mol. The normalized spacial score (nSPS) is 13.2. The highest BCUT2D eigenvalue weighted by Crippen LogP contribution is 2.32. The van der Waals surface area contributed by atoms with E-state index >= 15 is 0 Å². The van der Waals surface area contributed by atoms with E-state index in [9.17, 15) is 17.6 Å². The first-order valence-corrected chi connectivity index (χ1v) is 11.1. The molecule has 0 bridgehead atoms. The van der Waals surface area contributed by atoms with Crippen molar-refractivity contribution in [3.63, 3.8) is 0 Å². The van der Waals surface area contributed by atoms with E-state index < -0.39 is 10.0 Å². The van der Waals surface area contributed by atoms with E-state index in [1.807, 2.05) is 18.2 Å². The maximum absolute atomic E-state index is 13.2. The summed E-state index contributed by atoms with van der Waals surface area (Å²) in [6.07, 6.45) is 1.22. The molecule has 4 rings (SSSR count). The van der Waals surface area contributed by atoms with Crippen molar-refractivity contribution in [2.45, 2.75) is 17.7 Å². The predicted octanol–water partition coefficient (Wildman–Crippen LogP) is 3.55. The van der Waals surface area contributed by atoms with E-state index in [0.29, 0.717) is 31.6 Å². The summed E-state index contributed by atoms with van der Waals surface area (Å²) in [6, 6.07) is 19.6. The number of hydrogen-bond acceptors (Lipinski definition) is 3. The molecule has 1 heterocycles. The lowest BCUT2D eigenvalue weighted by Gasteiger charge is -2.20. The van der Waals surface area contributed by atoms with Crippen LogP contribution in [0.1, 0.15) is 21.5 Å². The molecule has 30 heavy (non-hydrogen) atoms. The molecule has 3 aromatic rings. The number of fused-ring (bicyclic) bond motifs is 1. The Bertz CT molecular complexity index is 1180. The van der Waals surface area contributed by atoms with Crippen LogP contribution >= 0.6 is 0 Å². The van der Waals surface area contributed by atoms with Gasteiger partial charge in [0.2, 0.25) is 0 Å². The summed E-state index contributed by atoms with van der Waals surface area (Å²) in [4.78, 5) is 12.6. The minimum absolute atomic E-state index is 0.0883. The molecule has 1 aliphatic rings. The number of halogens is 1. The number of amides is 1. The molecule has 0 fully saturated rings. The SMILES string of the molecule is O=C(NCCc1ccc(F)cc1)c1cccc(S(=O)(=O)N2CCc3ccccc32)c1.